The maximum atomic E-state index is 12.8. The van der Waals surface area contributed by atoms with E-state index in [0.717, 1.165) is 6.07 Å². The second-order valence-corrected chi connectivity index (χ2v) is 5.50. The number of hydrogen-bond donors (Lipinski definition) is 2. The number of carbonyl (C=O) groups excluding carboxylic acids is 1. The molecule has 0 spiro atoms. The van der Waals surface area contributed by atoms with Crippen LogP contribution in [0.25, 0.3) is 5.52 Å². The average molecular weight is 370 g/mol. The van der Waals surface area contributed by atoms with Crippen molar-refractivity contribution in [3.05, 3.63) is 52.9 Å². The quantitative estimate of drug-likeness (QED) is 0.738. The zero-order valence-electron chi connectivity index (χ0n) is 12.7. The van der Waals surface area contributed by atoms with Crippen LogP contribution in [0.3, 0.4) is 0 Å². The zero-order valence-corrected chi connectivity index (χ0v) is 13.5. The third-order valence-electron chi connectivity index (χ3n) is 3.36. The Morgan fingerprint density at radius 3 is 2.72 bits per heavy atom. The lowest BCUT2D eigenvalue weighted by Crippen LogP contribution is -2.16. The SMILES string of the molecule is CNc1ncc(C(F)(F)F)cc1NC(=O)c1cc2ccc(Cl)cn2n1. The van der Waals surface area contributed by atoms with E-state index in [1.807, 2.05) is 0 Å². The van der Waals surface area contributed by atoms with Crippen LogP contribution in [0.4, 0.5) is 24.7 Å². The Hall–Kier alpha value is -2.81. The molecular weight excluding hydrogens is 359 g/mol. The molecule has 0 atom stereocenters. The monoisotopic (exact) mass is 369 g/mol. The van der Waals surface area contributed by atoms with Crippen LogP contribution in [0, 0.1) is 0 Å². The summed E-state index contributed by atoms with van der Waals surface area (Å²) in [5, 5.41) is 9.51. The lowest BCUT2D eigenvalue weighted by molar-refractivity contribution is -0.137. The fourth-order valence-electron chi connectivity index (χ4n) is 2.17. The van der Waals surface area contributed by atoms with Gasteiger partial charge < -0.3 is 10.6 Å². The summed E-state index contributed by atoms with van der Waals surface area (Å²) >= 11 is 5.85. The van der Waals surface area contributed by atoms with Gasteiger partial charge in [-0.3, -0.25) is 4.79 Å². The van der Waals surface area contributed by atoms with E-state index in [0.29, 0.717) is 16.7 Å². The van der Waals surface area contributed by atoms with Crippen molar-refractivity contribution in [3.8, 4) is 0 Å². The largest absolute Gasteiger partial charge is 0.417 e. The van der Waals surface area contributed by atoms with Gasteiger partial charge in [0.15, 0.2) is 5.69 Å². The number of hydrogen-bond acceptors (Lipinski definition) is 4. The van der Waals surface area contributed by atoms with Crippen LogP contribution in [-0.4, -0.2) is 27.6 Å². The molecule has 0 radical (unpaired) electrons. The molecule has 25 heavy (non-hydrogen) atoms. The molecule has 0 aliphatic rings. The summed E-state index contributed by atoms with van der Waals surface area (Å²) in [6, 6.07) is 5.60. The molecule has 0 aromatic carbocycles. The van der Waals surface area contributed by atoms with E-state index in [4.69, 9.17) is 11.6 Å². The number of anilines is 2. The summed E-state index contributed by atoms with van der Waals surface area (Å²) in [6.07, 6.45) is -2.37. The minimum Gasteiger partial charge on any atom is -0.371 e. The summed E-state index contributed by atoms with van der Waals surface area (Å²) in [4.78, 5) is 16.0. The van der Waals surface area contributed by atoms with Crippen molar-refractivity contribution in [3.63, 3.8) is 0 Å². The third-order valence-corrected chi connectivity index (χ3v) is 3.58. The van der Waals surface area contributed by atoms with E-state index in [-0.39, 0.29) is 17.2 Å². The Bertz CT molecular complexity index is 954. The first-order chi connectivity index (χ1) is 11.8. The van der Waals surface area contributed by atoms with Crippen LogP contribution in [-0.2, 0) is 6.18 Å². The molecular formula is C15H11ClF3N5O. The fourth-order valence-corrected chi connectivity index (χ4v) is 2.33. The van der Waals surface area contributed by atoms with Gasteiger partial charge >= 0.3 is 6.18 Å². The summed E-state index contributed by atoms with van der Waals surface area (Å²) < 4.78 is 39.9. The van der Waals surface area contributed by atoms with Crippen LogP contribution in [0.5, 0.6) is 0 Å². The maximum Gasteiger partial charge on any atom is 0.417 e. The first kappa shape index (κ1) is 17.0. The average Bonchev–Trinajstić information content (AvgIpc) is 2.97. The predicted molar refractivity (Wildman–Crippen MR) is 86.9 cm³/mol. The predicted octanol–water partition coefficient (Wildman–Crippen LogP) is 3.70. The highest BCUT2D eigenvalue weighted by atomic mass is 35.5. The van der Waals surface area contributed by atoms with Crippen molar-refractivity contribution in [1.82, 2.24) is 14.6 Å². The third kappa shape index (κ3) is 3.50. The van der Waals surface area contributed by atoms with E-state index in [2.05, 4.69) is 20.7 Å². The lowest BCUT2D eigenvalue weighted by atomic mass is 10.2. The minimum absolute atomic E-state index is 0.0294. The van der Waals surface area contributed by atoms with Crippen molar-refractivity contribution >= 4 is 34.5 Å². The van der Waals surface area contributed by atoms with Gasteiger partial charge in [-0.2, -0.15) is 18.3 Å². The topological polar surface area (TPSA) is 71.3 Å². The van der Waals surface area contributed by atoms with Gasteiger partial charge in [0.05, 0.1) is 21.8 Å². The van der Waals surface area contributed by atoms with E-state index in [9.17, 15) is 18.0 Å². The van der Waals surface area contributed by atoms with Crippen molar-refractivity contribution < 1.29 is 18.0 Å². The van der Waals surface area contributed by atoms with E-state index in [1.165, 1.54) is 23.8 Å². The van der Waals surface area contributed by atoms with Crippen molar-refractivity contribution in [2.45, 2.75) is 6.18 Å². The zero-order chi connectivity index (χ0) is 18.2. The van der Waals surface area contributed by atoms with Crippen LogP contribution in [0.2, 0.25) is 5.02 Å². The molecule has 0 bridgehead atoms. The van der Waals surface area contributed by atoms with Gasteiger partial charge in [0, 0.05) is 19.4 Å². The Morgan fingerprint density at radius 1 is 1.28 bits per heavy atom. The highest BCUT2D eigenvalue weighted by Crippen LogP contribution is 2.32. The molecule has 6 nitrogen and oxygen atoms in total. The number of carbonyl (C=O) groups is 1. The minimum atomic E-state index is -4.57. The molecule has 0 saturated carbocycles. The van der Waals surface area contributed by atoms with Crippen LogP contribution >= 0.6 is 11.6 Å². The first-order valence-electron chi connectivity index (χ1n) is 6.99. The normalized spacial score (nSPS) is 11.6. The molecule has 0 fully saturated rings. The van der Waals surface area contributed by atoms with Gasteiger partial charge in [-0.15, -0.1) is 0 Å². The number of nitrogens with one attached hydrogen (secondary N) is 2. The summed E-state index contributed by atoms with van der Waals surface area (Å²) in [5.74, 6) is -0.564. The molecule has 0 saturated heterocycles. The number of fused-ring (bicyclic) bond motifs is 1. The van der Waals surface area contributed by atoms with Crippen molar-refractivity contribution in [2.75, 3.05) is 17.7 Å². The second kappa shape index (κ2) is 6.25. The number of amides is 1. The molecule has 0 aliphatic heterocycles. The summed E-state index contributed by atoms with van der Waals surface area (Å²) in [7, 11) is 1.48. The van der Waals surface area contributed by atoms with Crippen LogP contribution in [0.15, 0.2) is 36.7 Å². The van der Waals surface area contributed by atoms with E-state index in [1.54, 1.807) is 12.1 Å². The van der Waals surface area contributed by atoms with Gasteiger partial charge in [-0.25, -0.2) is 9.50 Å². The van der Waals surface area contributed by atoms with Gasteiger partial charge in [-0.1, -0.05) is 11.6 Å². The Morgan fingerprint density at radius 2 is 2.04 bits per heavy atom. The van der Waals surface area contributed by atoms with Crippen LogP contribution in [0.1, 0.15) is 16.1 Å². The van der Waals surface area contributed by atoms with Gasteiger partial charge in [-0.05, 0) is 24.3 Å². The number of rotatable bonds is 3. The standard InChI is InChI=1S/C15H11ClF3N5O/c1-20-13-11(4-8(6-21-13)15(17,18)19)22-14(25)12-5-10-3-2-9(16)7-24(10)23-12/h2-7H,1H3,(H,20,21)(H,22,25). The van der Waals surface area contributed by atoms with Gasteiger partial charge in [0.25, 0.3) is 5.91 Å². The maximum absolute atomic E-state index is 12.8. The van der Waals surface area contributed by atoms with Crippen LogP contribution < -0.4 is 10.6 Å². The molecule has 0 unspecified atom stereocenters. The fraction of sp³-hybridized carbons (Fsp3) is 0.133. The number of aromatic nitrogens is 3. The van der Waals surface area contributed by atoms with Crippen molar-refractivity contribution in [2.24, 2.45) is 0 Å². The highest BCUT2D eigenvalue weighted by Gasteiger charge is 2.32. The number of halogens is 4. The highest BCUT2D eigenvalue weighted by molar-refractivity contribution is 6.30. The Labute approximate surface area is 144 Å². The molecule has 1 amide bonds. The van der Waals surface area contributed by atoms with Crippen molar-refractivity contribution in [1.29, 1.82) is 0 Å². The molecule has 3 rings (SSSR count). The number of nitrogens with zero attached hydrogens (tertiary/aromatic N) is 3. The lowest BCUT2D eigenvalue weighted by Gasteiger charge is -2.12. The Balaban J connectivity index is 1.93. The Kier molecular flexibility index (Phi) is 4.25. The molecule has 3 aromatic rings. The second-order valence-electron chi connectivity index (χ2n) is 5.07. The van der Waals surface area contributed by atoms with Gasteiger partial charge in [0.2, 0.25) is 0 Å². The van der Waals surface area contributed by atoms with E-state index >= 15 is 0 Å². The molecule has 3 heterocycles. The van der Waals surface area contributed by atoms with E-state index < -0.39 is 17.6 Å². The molecule has 0 aliphatic carbocycles. The molecule has 2 N–H and O–H groups in total. The molecule has 10 heteroatoms. The molecule has 130 valence electrons. The summed E-state index contributed by atoms with van der Waals surface area (Å²) in [6.45, 7) is 0. The number of pyridine rings is 2. The smallest absolute Gasteiger partial charge is 0.371 e. The number of alkyl halides is 3. The molecule has 3 aromatic heterocycles. The summed E-state index contributed by atoms with van der Waals surface area (Å²) in [5.41, 5.74) is -0.423. The van der Waals surface area contributed by atoms with Gasteiger partial charge in [0.1, 0.15) is 5.82 Å². The first-order valence-corrected chi connectivity index (χ1v) is 7.37.